The maximum Gasteiger partial charge on any atom is 0.161 e. The third-order valence-electron chi connectivity index (χ3n) is 3.27. The standard InChI is InChI=1S/C19H22ClNO2/c1-3-11-23-18-10-9-15(12-19(18)22-4-2)13-21-14-16-7-5-6-8-17(16)20/h3,5-10,12,21H,1,4,11,13-14H2,2H3. The second-order valence-corrected chi connectivity index (χ2v) is 5.42. The molecule has 0 unspecified atom stereocenters. The molecule has 0 bridgehead atoms. The van der Waals surface area contributed by atoms with Gasteiger partial charge in [0.25, 0.3) is 0 Å². The summed E-state index contributed by atoms with van der Waals surface area (Å²) in [7, 11) is 0. The molecule has 0 atom stereocenters. The van der Waals surface area contributed by atoms with Crippen LogP contribution < -0.4 is 14.8 Å². The summed E-state index contributed by atoms with van der Waals surface area (Å²) in [4.78, 5) is 0. The molecule has 2 aromatic rings. The van der Waals surface area contributed by atoms with E-state index in [1.54, 1.807) is 6.08 Å². The molecule has 122 valence electrons. The average molecular weight is 332 g/mol. The van der Waals surface area contributed by atoms with Crippen molar-refractivity contribution in [1.29, 1.82) is 0 Å². The molecule has 0 heterocycles. The van der Waals surface area contributed by atoms with Gasteiger partial charge in [-0.05, 0) is 36.2 Å². The normalized spacial score (nSPS) is 10.3. The van der Waals surface area contributed by atoms with Gasteiger partial charge in [-0.2, -0.15) is 0 Å². The molecule has 0 spiro atoms. The third kappa shape index (κ3) is 5.31. The second kappa shape index (κ2) is 9.23. The van der Waals surface area contributed by atoms with E-state index in [9.17, 15) is 0 Å². The Morgan fingerprint density at radius 3 is 2.65 bits per heavy atom. The molecule has 0 amide bonds. The zero-order valence-electron chi connectivity index (χ0n) is 13.3. The van der Waals surface area contributed by atoms with Crippen LogP contribution in [0.15, 0.2) is 55.1 Å². The number of nitrogens with one attached hydrogen (secondary N) is 1. The molecule has 0 saturated carbocycles. The Hall–Kier alpha value is -1.97. The summed E-state index contributed by atoms with van der Waals surface area (Å²) in [6, 6.07) is 13.8. The van der Waals surface area contributed by atoms with Crippen LogP contribution in [0.25, 0.3) is 0 Å². The summed E-state index contributed by atoms with van der Waals surface area (Å²) in [6.07, 6.45) is 1.72. The summed E-state index contributed by atoms with van der Waals surface area (Å²) in [5.41, 5.74) is 2.22. The largest absolute Gasteiger partial charge is 0.490 e. The highest BCUT2D eigenvalue weighted by molar-refractivity contribution is 6.31. The van der Waals surface area contributed by atoms with Crippen LogP contribution in [0.1, 0.15) is 18.1 Å². The molecule has 0 aliphatic heterocycles. The minimum atomic E-state index is 0.462. The highest BCUT2D eigenvalue weighted by atomic mass is 35.5. The summed E-state index contributed by atoms with van der Waals surface area (Å²) >= 11 is 6.16. The summed E-state index contributed by atoms with van der Waals surface area (Å²) in [5, 5.41) is 4.17. The first kappa shape index (κ1) is 17.4. The van der Waals surface area contributed by atoms with Crippen LogP contribution in [0.2, 0.25) is 5.02 Å². The fraction of sp³-hybridized carbons (Fsp3) is 0.263. The molecule has 0 radical (unpaired) electrons. The Morgan fingerprint density at radius 2 is 1.91 bits per heavy atom. The van der Waals surface area contributed by atoms with E-state index < -0.39 is 0 Å². The SMILES string of the molecule is C=CCOc1ccc(CNCc2ccccc2Cl)cc1OCC. The first-order chi connectivity index (χ1) is 11.2. The van der Waals surface area contributed by atoms with Crippen LogP contribution in [-0.4, -0.2) is 13.2 Å². The molecule has 23 heavy (non-hydrogen) atoms. The minimum Gasteiger partial charge on any atom is -0.490 e. The molecule has 2 aromatic carbocycles. The lowest BCUT2D eigenvalue weighted by atomic mass is 10.2. The number of ether oxygens (including phenoxy) is 2. The molecule has 0 fully saturated rings. The van der Waals surface area contributed by atoms with E-state index in [4.69, 9.17) is 21.1 Å². The van der Waals surface area contributed by atoms with Crippen molar-refractivity contribution < 1.29 is 9.47 Å². The molecule has 4 heteroatoms. The van der Waals surface area contributed by atoms with Gasteiger partial charge >= 0.3 is 0 Å². The lowest BCUT2D eigenvalue weighted by Gasteiger charge is -2.13. The van der Waals surface area contributed by atoms with Gasteiger partial charge in [-0.15, -0.1) is 0 Å². The molecule has 3 nitrogen and oxygen atoms in total. The van der Waals surface area contributed by atoms with Crippen molar-refractivity contribution in [1.82, 2.24) is 5.32 Å². The van der Waals surface area contributed by atoms with E-state index >= 15 is 0 Å². The van der Waals surface area contributed by atoms with Gasteiger partial charge in [-0.1, -0.05) is 48.5 Å². The molecular formula is C19H22ClNO2. The van der Waals surface area contributed by atoms with Crippen LogP contribution >= 0.6 is 11.6 Å². The maximum absolute atomic E-state index is 6.16. The van der Waals surface area contributed by atoms with Crippen molar-refractivity contribution in [2.75, 3.05) is 13.2 Å². The molecule has 1 N–H and O–H groups in total. The highest BCUT2D eigenvalue weighted by Gasteiger charge is 2.06. The predicted octanol–water partition coefficient (Wildman–Crippen LogP) is 4.59. The van der Waals surface area contributed by atoms with Crippen molar-refractivity contribution in [3.63, 3.8) is 0 Å². The monoisotopic (exact) mass is 331 g/mol. The van der Waals surface area contributed by atoms with Crippen LogP contribution in [0.3, 0.4) is 0 Å². The number of halogens is 1. The average Bonchev–Trinajstić information content (AvgIpc) is 2.56. The van der Waals surface area contributed by atoms with Crippen molar-refractivity contribution in [3.05, 3.63) is 71.3 Å². The van der Waals surface area contributed by atoms with Gasteiger partial charge < -0.3 is 14.8 Å². The summed E-state index contributed by atoms with van der Waals surface area (Å²) in [6.45, 7) is 8.13. The molecule has 0 saturated heterocycles. The quantitative estimate of drug-likeness (QED) is 0.681. The van der Waals surface area contributed by atoms with Gasteiger partial charge in [0, 0.05) is 18.1 Å². The number of hydrogen-bond acceptors (Lipinski definition) is 3. The van der Waals surface area contributed by atoms with E-state index in [-0.39, 0.29) is 0 Å². The van der Waals surface area contributed by atoms with Gasteiger partial charge in [0.05, 0.1) is 6.61 Å². The number of benzene rings is 2. The molecule has 0 aliphatic rings. The first-order valence-corrected chi connectivity index (χ1v) is 8.06. The van der Waals surface area contributed by atoms with Gasteiger partial charge in [-0.3, -0.25) is 0 Å². The first-order valence-electron chi connectivity index (χ1n) is 7.68. The van der Waals surface area contributed by atoms with Crippen LogP contribution in [-0.2, 0) is 13.1 Å². The van der Waals surface area contributed by atoms with Crippen LogP contribution in [0.4, 0.5) is 0 Å². The number of hydrogen-bond donors (Lipinski definition) is 1. The zero-order valence-corrected chi connectivity index (χ0v) is 14.1. The number of rotatable bonds is 9. The van der Waals surface area contributed by atoms with Crippen LogP contribution in [0, 0.1) is 0 Å². The Kier molecular flexibility index (Phi) is 6.98. The van der Waals surface area contributed by atoms with E-state index in [1.165, 1.54) is 0 Å². The summed E-state index contributed by atoms with van der Waals surface area (Å²) < 4.78 is 11.3. The Bertz CT molecular complexity index is 643. The summed E-state index contributed by atoms with van der Waals surface area (Å²) in [5.74, 6) is 1.49. The fourth-order valence-electron chi connectivity index (χ4n) is 2.18. The molecule has 0 aliphatic carbocycles. The molecular weight excluding hydrogens is 310 g/mol. The maximum atomic E-state index is 6.16. The van der Waals surface area contributed by atoms with E-state index in [2.05, 4.69) is 11.9 Å². The lowest BCUT2D eigenvalue weighted by Crippen LogP contribution is -2.13. The highest BCUT2D eigenvalue weighted by Crippen LogP contribution is 2.28. The Morgan fingerprint density at radius 1 is 1.09 bits per heavy atom. The van der Waals surface area contributed by atoms with Crippen LogP contribution in [0.5, 0.6) is 11.5 Å². The van der Waals surface area contributed by atoms with Gasteiger partial charge in [0.15, 0.2) is 11.5 Å². The van der Waals surface area contributed by atoms with Crippen molar-refractivity contribution >= 4 is 11.6 Å². The molecule has 0 aromatic heterocycles. The zero-order chi connectivity index (χ0) is 16.5. The van der Waals surface area contributed by atoms with Gasteiger partial charge in [0.2, 0.25) is 0 Å². The Labute approximate surface area is 142 Å². The van der Waals surface area contributed by atoms with E-state index in [0.29, 0.717) is 13.2 Å². The van der Waals surface area contributed by atoms with Gasteiger partial charge in [0.1, 0.15) is 6.61 Å². The smallest absolute Gasteiger partial charge is 0.161 e. The van der Waals surface area contributed by atoms with Gasteiger partial charge in [-0.25, -0.2) is 0 Å². The predicted molar refractivity (Wildman–Crippen MR) is 95.3 cm³/mol. The molecule has 2 rings (SSSR count). The van der Waals surface area contributed by atoms with Crippen molar-refractivity contribution in [3.8, 4) is 11.5 Å². The topological polar surface area (TPSA) is 30.5 Å². The second-order valence-electron chi connectivity index (χ2n) is 5.01. The van der Waals surface area contributed by atoms with Crippen molar-refractivity contribution in [2.45, 2.75) is 20.0 Å². The third-order valence-corrected chi connectivity index (χ3v) is 3.64. The van der Waals surface area contributed by atoms with E-state index in [0.717, 1.165) is 40.7 Å². The minimum absolute atomic E-state index is 0.462. The van der Waals surface area contributed by atoms with Crippen molar-refractivity contribution in [2.24, 2.45) is 0 Å². The lowest BCUT2D eigenvalue weighted by molar-refractivity contribution is 0.296. The fourth-order valence-corrected chi connectivity index (χ4v) is 2.38. The Balaban J connectivity index is 1.98. The van der Waals surface area contributed by atoms with E-state index in [1.807, 2.05) is 49.4 Å².